The molecule has 218 valence electrons. The zero-order valence-corrected chi connectivity index (χ0v) is 24.5. The fraction of sp³-hybridized carbons (Fsp3) is 0.727. The molecule has 1 aromatic carbocycles. The van der Waals surface area contributed by atoms with E-state index in [9.17, 15) is 19.5 Å². The van der Waals surface area contributed by atoms with Crippen LogP contribution in [0.5, 0.6) is 0 Å². The first-order valence-electron chi connectivity index (χ1n) is 15.3. The fourth-order valence-electron chi connectivity index (χ4n) is 9.91. The van der Waals surface area contributed by atoms with Gasteiger partial charge in [-0.3, -0.25) is 9.59 Å². The maximum absolute atomic E-state index is 13.7. The van der Waals surface area contributed by atoms with Crippen LogP contribution in [0.1, 0.15) is 96.3 Å². The summed E-state index contributed by atoms with van der Waals surface area (Å²) in [6.45, 7) is 9.75. The molecule has 0 radical (unpaired) electrons. The molecule has 1 aromatic rings. The standard InChI is InChI=1S/C33H44O7/c1-6-19(2)28(36)38-25-26-30(4)15-13-23(35)18-22(30)12-16-32(26)33(40-32)17-14-24(20(3)34)31(33,5)27(25)39-29(37)21-10-8-7-9-11-21/h7-11,19,22-27,35H,6,12-18H2,1-5H3/t19?,22-,23-,24-,25-,26+,27+,30-,31-,32-,33+/m0/s1. The molecule has 6 rings (SSSR count). The third kappa shape index (κ3) is 3.58. The van der Waals surface area contributed by atoms with E-state index in [1.54, 1.807) is 31.2 Å². The summed E-state index contributed by atoms with van der Waals surface area (Å²) in [6.07, 6.45) is 3.98. The van der Waals surface area contributed by atoms with Crippen molar-refractivity contribution in [1.82, 2.24) is 0 Å². The molecule has 0 aromatic heterocycles. The Labute approximate surface area is 237 Å². The van der Waals surface area contributed by atoms with Crippen molar-refractivity contribution in [3.63, 3.8) is 0 Å². The van der Waals surface area contributed by atoms with Gasteiger partial charge in [0.2, 0.25) is 0 Å². The van der Waals surface area contributed by atoms with Gasteiger partial charge in [-0.1, -0.05) is 45.9 Å². The van der Waals surface area contributed by atoms with Gasteiger partial charge >= 0.3 is 11.9 Å². The highest BCUT2D eigenvalue weighted by Gasteiger charge is 2.91. The van der Waals surface area contributed by atoms with E-state index in [4.69, 9.17) is 14.2 Å². The molecule has 1 aliphatic heterocycles. The van der Waals surface area contributed by atoms with Crippen LogP contribution >= 0.6 is 0 Å². The maximum atomic E-state index is 13.7. The molecule has 4 aliphatic carbocycles. The van der Waals surface area contributed by atoms with Gasteiger partial charge in [0.05, 0.1) is 17.6 Å². The second kappa shape index (κ2) is 9.38. The van der Waals surface area contributed by atoms with E-state index in [0.29, 0.717) is 31.2 Å². The third-order valence-corrected chi connectivity index (χ3v) is 12.2. The number of rotatable bonds is 6. The van der Waals surface area contributed by atoms with Crippen molar-refractivity contribution in [2.24, 2.45) is 34.5 Å². The number of benzene rings is 1. The largest absolute Gasteiger partial charge is 0.458 e. The third-order valence-electron chi connectivity index (χ3n) is 12.2. The number of ketones is 1. The number of carbonyl (C=O) groups is 3. The Morgan fingerprint density at radius 1 is 1.05 bits per heavy atom. The molecule has 40 heavy (non-hydrogen) atoms. The lowest BCUT2D eigenvalue weighted by molar-refractivity contribution is -0.217. The Balaban J connectivity index is 1.51. The molecule has 5 fully saturated rings. The summed E-state index contributed by atoms with van der Waals surface area (Å²) in [6, 6.07) is 8.88. The second-order valence-corrected chi connectivity index (χ2v) is 13.9. The highest BCUT2D eigenvalue weighted by atomic mass is 16.7. The molecule has 0 amide bonds. The molecule has 1 unspecified atom stereocenters. The fourth-order valence-corrected chi connectivity index (χ4v) is 9.91. The van der Waals surface area contributed by atoms with Crippen LogP contribution < -0.4 is 0 Å². The number of carbonyl (C=O) groups excluding carboxylic acids is 3. The first kappa shape index (κ1) is 27.9. The first-order valence-corrected chi connectivity index (χ1v) is 15.3. The van der Waals surface area contributed by atoms with Gasteiger partial charge in [-0.2, -0.15) is 0 Å². The van der Waals surface area contributed by atoms with E-state index >= 15 is 0 Å². The van der Waals surface area contributed by atoms with Crippen molar-refractivity contribution >= 4 is 17.7 Å². The summed E-state index contributed by atoms with van der Waals surface area (Å²) in [5.41, 5.74) is -1.85. The minimum absolute atomic E-state index is 0.0527. The summed E-state index contributed by atoms with van der Waals surface area (Å²) in [5.74, 6) is -1.37. The second-order valence-electron chi connectivity index (χ2n) is 13.9. The number of hydrogen-bond donors (Lipinski definition) is 1. The van der Waals surface area contributed by atoms with Gasteiger partial charge in [0.1, 0.15) is 29.2 Å². The van der Waals surface area contributed by atoms with Crippen molar-refractivity contribution in [3.05, 3.63) is 35.9 Å². The molecule has 2 spiro atoms. The predicted octanol–water partition coefficient (Wildman–Crippen LogP) is 5.27. The first-order chi connectivity index (χ1) is 18.9. The average Bonchev–Trinajstić information content (AvgIpc) is 3.48. The number of aliphatic hydroxyl groups is 1. The van der Waals surface area contributed by atoms with Gasteiger partial charge in [0.25, 0.3) is 0 Å². The number of ether oxygens (including phenoxy) is 3. The van der Waals surface area contributed by atoms with Crippen molar-refractivity contribution in [2.75, 3.05) is 0 Å². The molecule has 7 nitrogen and oxygen atoms in total. The van der Waals surface area contributed by atoms with Gasteiger partial charge < -0.3 is 19.3 Å². The SMILES string of the molecule is CCC(C)C(=O)O[C@@H]1[C@@H](OC(=O)c2ccccc2)[C@]2(C)[C@H](C(C)=O)CC[C@@]23O[C@]32CC[C@H]3C[C@@H](O)CC[C@]3(C)[C@@H]12. The van der Waals surface area contributed by atoms with Crippen molar-refractivity contribution in [2.45, 2.75) is 115 Å². The lowest BCUT2D eigenvalue weighted by Gasteiger charge is -2.61. The van der Waals surface area contributed by atoms with Crippen molar-refractivity contribution in [1.29, 1.82) is 0 Å². The quantitative estimate of drug-likeness (QED) is 0.379. The highest BCUT2D eigenvalue weighted by molar-refractivity contribution is 5.89. The van der Waals surface area contributed by atoms with Gasteiger partial charge in [0, 0.05) is 17.3 Å². The number of aliphatic hydroxyl groups excluding tert-OH is 1. The summed E-state index contributed by atoms with van der Waals surface area (Å²) < 4.78 is 20.0. The minimum atomic E-state index is -0.840. The monoisotopic (exact) mass is 552 g/mol. The van der Waals surface area contributed by atoms with Crippen molar-refractivity contribution < 1.29 is 33.7 Å². The van der Waals surface area contributed by atoms with Gasteiger partial charge in [0.15, 0.2) is 0 Å². The molecule has 5 aliphatic rings. The zero-order valence-electron chi connectivity index (χ0n) is 24.5. The van der Waals surface area contributed by atoms with Crippen LogP contribution in [0.4, 0.5) is 0 Å². The molecule has 1 saturated heterocycles. The van der Waals surface area contributed by atoms with Crippen LogP contribution in [-0.4, -0.2) is 52.3 Å². The topological polar surface area (TPSA) is 102 Å². The summed E-state index contributed by atoms with van der Waals surface area (Å²) >= 11 is 0. The lowest BCUT2D eigenvalue weighted by Crippen LogP contribution is -2.70. The van der Waals surface area contributed by atoms with Gasteiger partial charge in [-0.25, -0.2) is 4.79 Å². The number of fused-ring (bicyclic) bond motifs is 2. The van der Waals surface area contributed by atoms with Crippen LogP contribution in [0.2, 0.25) is 0 Å². The highest BCUT2D eigenvalue weighted by Crippen LogP contribution is 2.81. The van der Waals surface area contributed by atoms with Gasteiger partial charge in [-0.05, 0) is 81.8 Å². The Morgan fingerprint density at radius 2 is 1.77 bits per heavy atom. The smallest absolute Gasteiger partial charge is 0.338 e. The molecular weight excluding hydrogens is 508 g/mol. The normalized spacial score (nSPS) is 45.6. The van der Waals surface area contributed by atoms with E-state index in [1.807, 2.05) is 26.8 Å². The Morgan fingerprint density at radius 3 is 2.45 bits per heavy atom. The maximum Gasteiger partial charge on any atom is 0.338 e. The zero-order chi connectivity index (χ0) is 28.7. The number of Topliss-reactive ketones (excluding diaryl/α,β-unsaturated/α-hetero) is 1. The van der Waals surface area contributed by atoms with Gasteiger partial charge in [-0.15, -0.1) is 0 Å². The van der Waals surface area contributed by atoms with E-state index in [-0.39, 0.29) is 46.9 Å². The van der Waals surface area contributed by atoms with Crippen LogP contribution in [0.15, 0.2) is 30.3 Å². The molecule has 11 atom stereocenters. The van der Waals surface area contributed by atoms with E-state index in [0.717, 1.165) is 25.7 Å². The van der Waals surface area contributed by atoms with Crippen LogP contribution in [-0.2, 0) is 23.8 Å². The van der Waals surface area contributed by atoms with Crippen molar-refractivity contribution in [3.8, 4) is 0 Å². The van der Waals surface area contributed by atoms with E-state index in [1.165, 1.54) is 0 Å². The van der Waals surface area contributed by atoms with Crippen LogP contribution in [0.3, 0.4) is 0 Å². The minimum Gasteiger partial charge on any atom is -0.458 e. The number of esters is 2. The molecular formula is C33H44O7. The molecule has 7 heteroatoms. The number of hydrogen-bond acceptors (Lipinski definition) is 7. The molecule has 0 bridgehead atoms. The molecule has 1 N–H and O–H groups in total. The van der Waals surface area contributed by atoms with Crippen LogP contribution in [0.25, 0.3) is 0 Å². The molecule has 1 heterocycles. The Hall–Kier alpha value is -2.25. The summed E-state index contributed by atoms with van der Waals surface area (Å²) in [7, 11) is 0. The Kier molecular flexibility index (Phi) is 6.54. The summed E-state index contributed by atoms with van der Waals surface area (Å²) in [4.78, 5) is 40.5. The number of epoxide rings is 1. The lowest BCUT2D eigenvalue weighted by atomic mass is 9.43. The Bertz CT molecular complexity index is 1200. The predicted molar refractivity (Wildman–Crippen MR) is 147 cm³/mol. The van der Waals surface area contributed by atoms with Crippen LogP contribution in [0, 0.1) is 34.5 Å². The summed E-state index contributed by atoms with van der Waals surface area (Å²) in [5, 5.41) is 10.6. The average molecular weight is 553 g/mol. The van der Waals surface area contributed by atoms with E-state index < -0.39 is 34.8 Å². The van der Waals surface area contributed by atoms with E-state index in [2.05, 4.69) is 6.92 Å². The molecule has 4 saturated carbocycles.